The molecule has 17 aliphatic rings. The Morgan fingerprint density at radius 2 is 0.780 bits per heavy atom. The molecule has 418 valence electrons. The van der Waals surface area contributed by atoms with E-state index >= 15 is 0 Å². The predicted octanol–water partition coefficient (Wildman–Crippen LogP) is 11.1. The van der Waals surface area contributed by atoms with Gasteiger partial charge in [0.1, 0.15) is 0 Å². The predicted molar refractivity (Wildman–Crippen MR) is 343 cm³/mol. The molecule has 14 nitrogen and oxygen atoms in total. The van der Waals surface area contributed by atoms with Gasteiger partial charge in [0.2, 0.25) is 0 Å². The Kier molecular flexibility index (Phi) is 20.6. The first-order chi connectivity index (χ1) is 40.7. The standard InChI is InChI=1S/C8H8N2.4C8H9N.4C7H8N2/c1-2-4-8-7(3-1)5-9-6-10-8;2*1-3-7-4-2-6-9-8(7)5-1;2*1-2-7-4-5-9-6-8(7)3-1;4*1-2-6-4-8-5-9-7(6)3-1/h1-4,6H,5H2,(H,9,10);1-2,5-6,9H,3-4H2;1-3,6,9H,4-5H2;1,3-5,9H,2,6H2;1-2,4-5,9H,3,6H2;3*1,3,5H,2,4H2,(H,8,9);1-2,5H,3-4H2,(H,8,9). The first-order valence-electron chi connectivity index (χ1n) is 28.7. The summed E-state index contributed by atoms with van der Waals surface area (Å²) in [5, 5.41) is 28.2. The minimum absolute atomic E-state index is 0.809. The van der Waals surface area contributed by atoms with E-state index in [2.05, 4.69) is 206 Å². The van der Waals surface area contributed by atoms with Crippen molar-refractivity contribution in [3.8, 4) is 0 Å². The molecule has 82 heavy (non-hydrogen) atoms. The molecule has 1 aromatic carbocycles. The molecule has 0 atom stereocenters. The second-order valence-electron chi connectivity index (χ2n) is 20.7. The zero-order valence-electron chi connectivity index (χ0n) is 46.8. The van der Waals surface area contributed by atoms with E-state index in [0.717, 1.165) is 110 Å². The van der Waals surface area contributed by atoms with Gasteiger partial charge in [-0.1, -0.05) is 103 Å². The van der Waals surface area contributed by atoms with Gasteiger partial charge in [0.25, 0.3) is 0 Å². The summed E-state index contributed by atoms with van der Waals surface area (Å²) in [6.07, 6.45) is 71.2. The summed E-state index contributed by atoms with van der Waals surface area (Å²) in [5.74, 6) is 0. The molecule has 0 saturated carbocycles. The highest BCUT2D eigenvalue weighted by Gasteiger charge is 2.14. The third-order valence-corrected chi connectivity index (χ3v) is 15.1. The summed E-state index contributed by atoms with van der Waals surface area (Å²) in [7, 11) is 0. The van der Waals surface area contributed by atoms with Crippen molar-refractivity contribution in [2.45, 2.75) is 70.8 Å². The molecule has 9 N–H and O–H groups in total. The fourth-order valence-electron chi connectivity index (χ4n) is 10.5. The van der Waals surface area contributed by atoms with E-state index < -0.39 is 0 Å². The summed E-state index contributed by atoms with van der Waals surface area (Å²) < 4.78 is 0. The maximum absolute atomic E-state index is 4.09. The largest absolute Gasteiger partial charge is 0.387 e. The van der Waals surface area contributed by atoms with Gasteiger partial charge in [0.15, 0.2) is 0 Å². The van der Waals surface area contributed by atoms with Crippen molar-refractivity contribution >= 4 is 37.4 Å². The number of hydrogen-bond donors (Lipinski definition) is 9. The van der Waals surface area contributed by atoms with Gasteiger partial charge >= 0.3 is 0 Å². The van der Waals surface area contributed by atoms with Crippen LogP contribution in [0.2, 0.25) is 0 Å². The van der Waals surface area contributed by atoms with Gasteiger partial charge in [-0.3, -0.25) is 25.0 Å². The van der Waals surface area contributed by atoms with E-state index in [9.17, 15) is 0 Å². The highest BCUT2D eigenvalue weighted by atomic mass is 15.0. The highest BCUT2D eigenvalue weighted by Crippen LogP contribution is 2.26. The lowest BCUT2D eigenvalue weighted by molar-refractivity contribution is 0.895. The highest BCUT2D eigenvalue weighted by molar-refractivity contribution is 5.79. The Morgan fingerprint density at radius 1 is 0.293 bits per heavy atom. The number of allylic oxidation sites excluding steroid dienone is 22. The number of hydrogen-bond acceptors (Lipinski definition) is 14. The van der Waals surface area contributed by atoms with Gasteiger partial charge in [-0.2, -0.15) is 0 Å². The van der Waals surface area contributed by atoms with Gasteiger partial charge in [-0.25, -0.2) is 0 Å². The van der Waals surface area contributed by atoms with Gasteiger partial charge < -0.3 is 47.9 Å². The van der Waals surface area contributed by atoms with Crippen molar-refractivity contribution in [1.29, 1.82) is 0 Å². The Bertz CT molecular complexity index is 2940. The summed E-state index contributed by atoms with van der Waals surface area (Å²) in [6.45, 7) is 6.38. The minimum atomic E-state index is 0.809. The Labute approximate surface area is 484 Å². The molecule has 0 fully saturated rings. The van der Waals surface area contributed by atoms with E-state index in [1.807, 2.05) is 36.9 Å². The van der Waals surface area contributed by atoms with Gasteiger partial charge in [-0.15, -0.1) is 0 Å². The number of nitrogens with one attached hydrogen (secondary N) is 9. The number of anilines is 1. The number of dihydropyridines is 4. The molecule has 0 radical (unpaired) electrons. The number of aliphatic imine (C=N–C) groups is 5. The third kappa shape index (κ3) is 16.3. The summed E-state index contributed by atoms with van der Waals surface area (Å²) >= 11 is 0. The molecule has 0 aromatic heterocycles. The molecule has 18 rings (SSSR count). The molecule has 0 spiro atoms. The quantitative estimate of drug-likeness (QED) is 0.123. The first-order valence-corrected chi connectivity index (χ1v) is 28.7. The second kappa shape index (κ2) is 30.2. The van der Waals surface area contributed by atoms with E-state index in [0.29, 0.717) is 0 Å². The lowest BCUT2D eigenvalue weighted by Gasteiger charge is -2.10. The van der Waals surface area contributed by atoms with Crippen LogP contribution in [0.1, 0.15) is 69.8 Å². The van der Waals surface area contributed by atoms with Gasteiger partial charge in [0.05, 0.1) is 64.4 Å². The first kappa shape index (κ1) is 55.9. The van der Waals surface area contributed by atoms with Crippen LogP contribution < -0.4 is 47.9 Å². The molecule has 0 saturated heterocycles. The van der Waals surface area contributed by atoms with Crippen LogP contribution in [0.5, 0.6) is 0 Å². The average Bonchev–Trinajstić information content (AvgIpc) is 4.41. The van der Waals surface area contributed by atoms with Crippen LogP contribution in [-0.4, -0.2) is 71.0 Å². The molecule has 1 aromatic rings. The van der Waals surface area contributed by atoms with Crippen molar-refractivity contribution in [3.63, 3.8) is 0 Å². The zero-order valence-corrected chi connectivity index (χ0v) is 46.8. The van der Waals surface area contributed by atoms with E-state index in [1.165, 1.54) is 101 Å². The number of para-hydroxylation sites is 1. The summed E-state index contributed by atoms with van der Waals surface area (Å²) in [5.41, 5.74) is 24.7. The lowest BCUT2D eigenvalue weighted by Crippen LogP contribution is -2.15. The maximum atomic E-state index is 4.09. The van der Waals surface area contributed by atoms with Crippen LogP contribution in [0.25, 0.3) is 0 Å². The van der Waals surface area contributed by atoms with Crippen LogP contribution >= 0.6 is 0 Å². The topological polar surface area (TPSA) is 170 Å². The number of nitrogens with zero attached hydrogens (tertiary/aromatic N) is 5. The van der Waals surface area contributed by atoms with Crippen molar-refractivity contribution in [2.75, 3.05) is 44.6 Å². The summed E-state index contributed by atoms with van der Waals surface area (Å²) in [4.78, 5) is 20.4. The Morgan fingerprint density at radius 3 is 1.43 bits per heavy atom. The SMILES string of the molecule is C1=CC2=C(C1)CN=CN2.C1=CC2=C(C1)CN=CN2.C1=CC2=C(C1)CN=CN2.C1=CC2=C(C1)CNC=C2.C1=CC2=C(C1)NC=NC2.C1=CC2=C(C=CNC2)C1.C1=CNC2=C(C1)CC=C2.C1=CNC2=C(C=CC2)C1.C1=NCc2ccccc2N1. The van der Waals surface area contributed by atoms with Gasteiger partial charge in [-0.05, 0) is 180 Å². The molecule has 9 aliphatic heterocycles. The van der Waals surface area contributed by atoms with Crippen molar-refractivity contribution in [1.82, 2.24) is 42.5 Å². The van der Waals surface area contributed by atoms with Crippen molar-refractivity contribution in [3.05, 3.63) is 266 Å². The van der Waals surface area contributed by atoms with Crippen LogP contribution in [0.4, 0.5) is 5.69 Å². The fraction of sp³-hybridized carbons (Fsp3) is 0.250. The van der Waals surface area contributed by atoms with E-state index in [4.69, 9.17) is 0 Å². The number of benzene rings is 1. The zero-order chi connectivity index (χ0) is 55.6. The monoisotopic (exact) mass is 1090 g/mol. The van der Waals surface area contributed by atoms with Crippen LogP contribution in [0.15, 0.2) is 285 Å². The van der Waals surface area contributed by atoms with Crippen molar-refractivity contribution in [2.24, 2.45) is 25.0 Å². The summed E-state index contributed by atoms with van der Waals surface area (Å²) in [6, 6.07) is 8.19. The smallest absolute Gasteiger partial charge is 0.0872 e. The normalized spacial score (nSPS) is 21.2. The molecule has 0 unspecified atom stereocenters. The van der Waals surface area contributed by atoms with Gasteiger partial charge in [0, 0.05) is 65.8 Å². The molecule has 0 amide bonds. The molecule has 14 heteroatoms. The Balaban J connectivity index is 0.000000103. The number of rotatable bonds is 0. The molecule has 0 bridgehead atoms. The van der Waals surface area contributed by atoms with Crippen molar-refractivity contribution < 1.29 is 0 Å². The molecule has 8 aliphatic carbocycles. The third-order valence-electron chi connectivity index (χ3n) is 15.1. The lowest BCUT2D eigenvalue weighted by atomic mass is 10.1. The maximum Gasteiger partial charge on any atom is 0.0872 e. The molecular formula is C68H76N14. The Hall–Kier alpha value is -9.43. The van der Waals surface area contributed by atoms with Crippen LogP contribution in [0, 0.1) is 0 Å². The number of fused-ring (bicyclic) bond motifs is 1. The van der Waals surface area contributed by atoms with E-state index in [1.54, 1.807) is 31.7 Å². The average molecular weight is 1090 g/mol. The molecular weight excluding hydrogens is 1010 g/mol. The van der Waals surface area contributed by atoms with Crippen LogP contribution in [-0.2, 0) is 6.54 Å². The molecule has 9 heterocycles. The minimum Gasteiger partial charge on any atom is -0.387 e. The van der Waals surface area contributed by atoms with Crippen LogP contribution in [0.3, 0.4) is 0 Å². The fourth-order valence-corrected chi connectivity index (χ4v) is 10.5. The second-order valence-corrected chi connectivity index (χ2v) is 20.7. The van der Waals surface area contributed by atoms with E-state index in [-0.39, 0.29) is 0 Å².